The highest BCUT2D eigenvalue weighted by molar-refractivity contribution is 5.93. The van der Waals surface area contributed by atoms with Crippen LogP contribution >= 0.6 is 0 Å². The van der Waals surface area contributed by atoms with Gasteiger partial charge in [-0.3, -0.25) is 4.79 Å². The van der Waals surface area contributed by atoms with Crippen molar-refractivity contribution in [3.8, 4) is 35.3 Å². The van der Waals surface area contributed by atoms with E-state index in [0.29, 0.717) is 60.7 Å². The molecule has 0 unspecified atom stereocenters. The summed E-state index contributed by atoms with van der Waals surface area (Å²) in [5.41, 5.74) is 2.03. The number of carbonyl (C=O) groups is 1. The van der Waals surface area contributed by atoms with Crippen LogP contribution in [0.25, 0.3) is 16.6 Å². The molecule has 156 valence electrons. The lowest BCUT2D eigenvalue weighted by molar-refractivity contribution is -0.125. The minimum Gasteiger partial charge on any atom is -0.492 e. The summed E-state index contributed by atoms with van der Waals surface area (Å²) in [7, 11) is 0. The van der Waals surface area contributed by atoms with Crippen molar-refractivity contribution in [3.05, 3.63) is 42.1 Å². The predicted octanol–water partition coefficient (Wildman–Crippen LogP) is 2.09. The predicted molar refractivity (Wildman–Crippen MR) is 112 cm³/mol. The summed E-state index contributed by atoms with van der Waals surface area (Å²) in [6.07, 6.45) is 9.87. The quantitative estimate of drug-likeness (QED) is 0.603. The molecule has 8 nitrogen and oxygen atoms in total. The maximum absolute atomic E-state index is 15.1. The number of rotatable bonds is 4. The Morgan fingerprint density at radius 3 is 2.71 bits per heavy atom. The number of pyridine rings is 2. The zero-order chi connectivity index (χ0) is 22.0. The van der Waals surface area contributed by atoms with Crippen molar-refractivity contribution in [1.82, 2.24) is 19.5 Å². The fourth-order valence-electron chi connectivity index (χ4n) is 3.67. The van der Waals surface area contributed by atoms with Crippen LogP contribution < -0.4 is 9.64 Å². The summed E-state index contributed by atoms with van der Waals surface area (Å²) in [5.74, 6) is 2.00. The third-order valence-corrected chi connectivity index (χ3v) is 5.14. The van der Waals surface area contributed by atoms with Gasteiger partial charge in [-0.15, -0.1) is 6.42 Å². The molecule has 1 fully saturated rings. The monoisotopic (exact) mass is 418 g/mol. The van der Waals surface area contributed by atoms with Crippen molar-refractivity contribution in [3.63, 3.8) is 0 Å². The maximum atomic E-state index is 15.1. The van der Waals surface area contributed by atoms with E-state index in [9.17, 15) is 10.1 Å². The number of aromatic nitrogens is 3. The summed E-state index contributed by atoms with van der Waals surface area (Å²) >= 11 is 0. The molecule has 1 aliphatic rings. The van der Waals surface area contributed by atoms with E-state index in [-0.39, 0.29) is 11.7 Å². The first-order chi connectivity index (χ1) is 15.0. The Balaban J connectivity index is 1.68. The molecular weight excluding hydrogens is 399 g/mol. The Morgan fingerprint density at radius 1 is 1.29 bits per heavy atom. The number of amides is 1. The molecule has 31 heavy (non-hydrogen) atoms. The summed E-state index contributed by atoms with van der Waals surface area (Å²) in [5, 5.41) is 13.7. The molecule has 1 aliphatic heterocycles. The molecule has 3 aromatic heterocycles. The number of fused-ring (bicyclic) bond motifs is 1. The Bertz CT molecular complexity index is 1230. The smallest absolute Gasteiger partial charge is 0.298 e. The summed E-state index contributed by atoms with van der Waals surface area (Å²) in [6.45, 7) is 4.00. The highest BCUT2D eigenvalue weighted by atomic mass is 19.1. The summed E-state index contributed by atoms with van der Waals surface area (Å²) < 4.78 is 22.2. The molecular formula is C22H19FN6O2. The zero-order valence-electron chi connectivity index (χ0n) is 16.9. The first kappa shape index (κ1) is 20.2. The molecule has 1 saturated heterocycles. The third-order valence-electron chi connectivity index (χ3n) is 5.14. The van der Waals surface area contributed by atoms with Gasteiger partial charge in [0.25, 0.3) is 5.91 Å². The second-order valence-electron chi connectivity index (χ2n) is 6.94. The van der Waals surface area contributed by atoms with Gasteiger partial charge in [0.1, 0.15) is 11.8 Å². The van der Waals surface area contributed by atoms with Gasteiger partial charge in [-0.1, -0.05) is 0 Å². The van der Waals surface area contributed by atoms with E-state index in [1.54, 1.807) is 32.8 Å². The number of nitrogens with zero attached hydrogens (tertiary/aromatic N) is 6. The fourth-order valence-corrected chi connectivity index (χ4v) is 3.67. The van der Waals surface area contributed by atoms with E-state index in [0.717, 1.165) is 0 Å². The molecule has 9 heteroatoms. The standard InChI is InChI=1S/C22H19FN6O2/c1-3-20(30)27-5-7-28(8-6-27)22-19(23)9-15(12-25-22)18-10-17(31-4-2)14-29-21(18)16(11-24)13-26-29/h1,9-10,12-14H,4-8H2,2H3. The van der Waals surface area contributed by atoms with Gasteiger partial charge < -0.3 is 14.5 Å². The third kappa shape index (κ3) is 3.74. The first-order valence-electron chi connectivity index (χ1n) is 9.76. The van der Waals surface area contributed by atoms with E-state index in [1.165, 1.54) is 12.3 Å². The lowest BCUT2D eigenvalue weighted by Crippen LogP contribution is -2.49. The summed E-state index contributed by atoms with van der Waals surface area (Å²) in [6, 6.07) is 5.26. The van der Waals surface area contributed by atoms with Gasteiger partial charge in [-0.2, -0.15) is 10.4 Å². The SMILES string of the molecule is C#CC(=O)N1CCN(c2ncc(-c3cc(OCC)cn4ncc(C#N)c34)cc2F)CC1. The van der Waals surface area contributed by atoms with Crippen molar-refractivity contribution in [2.24, 2.45) is 0 Å². The largest absolute Gasteiger partial charge is 0.492 e. The van der Waals surface area contributed by atoms with Gasteiger partial charge in [-0.25, -0.2) is 13.9 Å². The van der Waals surface area contributed by atoms with E-state index >= 15 is 4.39 Å². The van der Waals surface area contributed by atoms with Crippen LogP contribution in [0.2, 0.25) is 0 Å². The number of anilines is 1. The van der Waals surface area contributed by atoms with Crippen LogP contribution in [-0.4, -0.2) is 58.2 Å². The van der Waals surface area contributed by atoms with E-state index in [1.807, 2.05) is 6.92 Å². The van der Waals surface area contributed by atoms with Gasteiger partial charge in [-0.05, 0) is 25.0 Å². The number of hydrogen-bond donors (Lipinski definition) is 0. The van der Waals surface area contributed by atoms with Crippen LogP contribution in [-0.2, 0) is 4.79 Å². The second kappa shape index (κ2) is 8.33. The van der Waals surface area contributed by atoms with Crippen molar-refractivity contribution in [2.75, 3.05) is 37.7 Å². The fraction of sp³-hybridized carbons (Fsp3) is 0.273. The Hall–Kier alpha value is -4.11. The first-order valence-corrected chi connectivity index (χ1v) is 9.76. The van der Waals surface area contributed by atoms with Crippen LogP contribution in [0.5, 0.6) is 5.75 Å². The number of nitriles is 1. The Labute approximate surface area is 178 Å². The van der Waals surface area contributed by atoms with Crippen molar-refractivity contribution < 1.29 is 13.9 Å². The van der Waals surface area contributed by atoms with Crippen molar-refractivity contribution >= 4 is 17.2 Å². The van der Waals surface area contributed by atoms with E-state index < -0.39 is 5.82 Å². The van der Waals surface area contributed by atoms with Gasteiger partial charge in [0.2, 0.25) is 0 Å². The highest BCUT2D eigenvalue weighted by Gasteiger charge is 2.23. The number of halogens is 1. The average molecular weight is 418 g/mol. The molecule has 0 spiro atoms. The number of terminal acetylenes is 1. The van der Waals surface area contributed by atoms with Gasteiger partial charge in [0.15, 0.2) is 11.6 Å². The molecule has 0 aromatic carbocycles. The van der Waals surface area contributed by atoms with Crippen LogP contribution in [0.4, 0.5) is 10.2 Å². The van der Waals surface area contributed by atoms with Crippen LogP contribution in [0.1, 0.15) is 12.5 Å². The minimum atomic E-state index is -0.493. The molecule has 4 heterocycles. The lowest BCUT2D eigenvalue weighted by Gasteiger charge is -2.34. The number of piperazine rings is 1. The normalized spacial score (nSPS) is 13.7. The van der Waals surface area contributed by atoms with Gasteiger partial charge in [0.05, 0.1) is 30.1 Å². The van der Waals surface area contributed by atoms with Crippen LogP contribution in [0.3, 0.4) is 0 Å². The van der Waals surface area contributed by atoms with E-state index in [4.69, 9.17) is 11.2 Å². The lowest BCUT2D eigenvalue weighted by atomic mass is 10.0. The number of carbonyl (C=O) groups excluding carboxylic acids is 1. The summed E-state index contributed by atoms with van der Waals surface area (Å²) in [4.78, 5) is 19.3. The molecule has 0 atom stereocenters. The molecule has 4 rings (SSSR count). The molecule has 0 bridgehead atoms. The molecule has 0 saturated carbocycles. The molecule has 0 radical (unpaired) electrons. The molecule has 1 amide bonds. The van der Waals surface area contributed by atoms with Crippen LogP contribution in [0.15, 0.2) is 30.7 Å². The van der Waals surface area contributed by atoms with Crippen molar-refractivity contribution in [2.45, 2.75) is 6.92 Å². The number of hydrogen-bond acceptors (Lipinski definition) is 6. The van der Waals surface area contributed by atoms with E-state index in [2.05, 4.69) is 22.1 Å². The highest BCUT2D eigenvalue weighted by Crippen LogP contribution is 2.32. The van der Waals surface area contributed by atoms with Gasteiger partial charge >= 0.3 is 0 Å². The average Bonchev–Trinajstić information content (AvgIpc) is 3.21. The molecule has 0 N–H and O–H groups in total. The Kier molecular flexibility index (Phi) is 5.42. The minimum absolute atomic E-state index is 0.211. The molecule has 0 aliphatic carbocycles. The van der Waals surface area contributed by atoms with Crippen molar-refractivity contribution in [1.29, 1.82) is 5.26 Å². The molecule has 3 aromatic rings. The topological polar surface area (TPSA) is 86.8 Å². The zero-order valence-corrected chi connectivity index (χ0v) is 16.9. The van der Waals surface area contributed by atoms with Crippen LogP contribution in [0, 0.1) is 29.5 Å². The number of ether oxygens (including phenoxy) is 1. The maximum Gasteiger partial charge on any atom is 0.298 e. The Morgan fingerprint density at radius 2 is 2.06 bits per heavy atom. The second-order valence-corrected chi connectivity index (χ2v) is 6.94. The van der Waals surface area contributed by atoms with Gasteiger partial charge in [0, 0.05) is 43.5 Å².